The molecule has 2 aliphatic heterocycles. The standard InChI is InChI=1S/C18H19F3N4OS.ClH/c1-17(2)15(26)24(16(27)25(17)12-5-7-23-8-6-12)13-4-3-11(10-22)14(9-13)18(19,20)21;/h3-4,9,12,23H,5-8H2,1-2H3;1H. The average molecular weight is 433 g/mol. The Kier molecular flexibility index (Phi) is 6.28. The first-order valence-corrected chi connectivity index (χ1v) is 8.99. The third kappa shape index (κ3) is 3.69. The molecule has 0 aliphatic carbocycles. The summed E-state index contributed by atoms with van der Waals surface area (Å²) in [4.78, 5) is 16.0. The van der Waals surface area contributed by atoms with Gasteiger partial charge in [0.25, 0.3) is 5.91 Å². The summed E-state index contributed by atoms with van der Waals surface area (Å²) < 4.78 is 39.9. The van der Waals surface area contributed by atoms with Gasteiger partial charge in [0.2, 0.25) is 0 Å². The second kappa shape index (κ2) is 7.85. The largest absolute Gasteiger partial charge is 0.417 e. The van der Waals surface area contributed by atoms with Crippen LogP contribution in [0.25, 0.3) is 0 Å². The van der Waals surface area contributed by atoms with Gasteiger partial charge in [-0.2, -0.15) is 18.4 Å². The summed E-state index contributed by atoms with van der Waals surface area (Å²) in [5.74, 6) is -0.371. The van der Waals surface area contributed by atoms with Crippen molar-refractivity contribution in [1.29, 1.82) is 5.26 Å². The quantitative estimate of drug-likeness (QED) is 0.725. The topological polar surface area (TPSA) is 59.4 Å². The highest BCUT2D eigenvalue weighted by Gasteiger charge is 2.52. The number of thiocarbonyl (C=S) groups is 1. The molecule has 0 atom stereocenters. The van der Waals surface area contributed by atoms with E-state index in [1.54, 1.807) is 19.9 Å². The van der Waals surface area contributed by atoms with Gasteiger partial charge in [-0.25, -0.2) is 0 Å². The molecule has 5 nitrogen and oxygen atoms in total. The van der Waals surface area contributed by atoms with Gasteiger partial charge in [-0.3, -0.25) is 9.69 Å². The number of carbonyl (C=O) groups is 1. The van der Waals surface area contributed by atoms with Crippen molar-refractivity contribution < 1.29 is 18.0 Å². The van der Waals surface area contributed by atoms with Crippen molar-refractivity contribution in [2.45, 2.75) is 44.4 Å². The Morgan fingerprint density at radius 2 is 1.89 bits per heavy atom. The number of carbonyl (C=O) groups excluding carboxylic acids is 1. The zero-order valence-corrected chi connectivity index (χ0v) is 17.0. The Balaban J connectivity index is 0.00000280. The number of benzene rings is 1. The first-order valence-electron chi connectivity index (χ1n) is 8.59. The van der Waals surface area contributed by atoms with Crippen LogP contribution in [0.5, 0.6) is 0 Å². The summed E-state index contributed by atoms with van der Waals surface area (Å²) in [5, 5.41) is 12.4. The maximum atomic E-state index is 13.3. The summed E-state index contributed by atoms with van der Waals surface area (Å²) >= 11 is 5.51. The van der Waals surface area contributed by atoms with Gasteiger partial charge in [-0.15, -0.1) is 12.4 Å². The molecule has 2 heterocycles. The molecule has 2 saturated heterocycles. The highest BCUT2D eigenvalue weighted by Crippen LogP contribution is 2.39. The number of hydrogen-bond acceptors (Lipinski definition) is 4. The molecule has 0 saturated carbocycles. The van der Waals surface area contributed by atoms with Crippen molar-refractivity contribution in [3.8, 4) is 6.07 Å². The molecular formula is C18H20ClF3N4OS. The first kappa shape index (κ1) is 22.4. The van der Waals surface area contributed by atoms with E-state index in [4.69, 9.17) is 17.5 Å². The summed E-state index contributed by atoms with van der Waals surface area (Å²) in [6, 6.07) is 4.83. The van der Waals surface area contributed by atoms with Gasteiger partial charge in [0.15, 0.2) is 5.11 Å². The molecule has 28 heavy (non-hydrogen) atoms. The first-order chi connectivity index (χ1) is 12.6. The molecule has 10 heteroatoms. The molecule has 3 rings (SSSR count). The van der Waals surface area contributed by atoms with Crippen molar-refractivity contribution in [3.05, 3.63) is 29.3 Å². The number of hydrogen-bond donors (Lipinski definition) is 1. The van der Waals surface area contributed by atoms with Crippen molar-refractivity contribution in [3.63, 3.8) is 0 Å². The monoisotopic (exact) mass is 432 g/mol. The van der Waals surface area contributed by atoms with E-state index < -0.39 is 22.8 Å². The minimum atomic E-state index is -4.70. The molecule has 0 spiro atoms. The fourth-order valence-corrected chi connectivity index (χ4v) is 4.28. The number of amides is 1. The van der Waals surface area contributed by atoms with Crippen LogP contribution in [0, 0.1) is 11.3 Å². The van der Waals surface area contributed by atoms with Gasteiger partial charge >= 0.3 is 6.18 Å². The highest BCUT2D eigenvalue weighted by molar-refractivity contribution is 7.80. The number of nitrogens with zero attached hydrogens (tertiary/aromatic N) is 3. The van der Waals surface area contributed by atoms with E-state index in [9.17, 15) is 18.0 Å². The van der Waals surface area contributed by atoms with Crippen LogP contribution < -0.4 is 10.2 Å². The minimum absolute atomic E-state index is 0. The second-order valence-corrected chi connectivity index (χ2v) is 7.54. The summed E-state index contributed by atoms with van der Waals surface area (Å²) in [5.41, 5.74) is -2.49. The van der Waals surface area contributed by atoms with Gasteiger partial charge in [0.05, 0.1) is 22.9 Å². The maximum absolute atomic E-state index is 13.3. The van der Waals surface area contributed by atoms with Crippen molar-refractivity contribution in [1.82, 2.24) is 10.2 Å². The molecule has 0 unspecified atom stereocenters. The van der Waals surface area contributed by atoms with E-state index in [0.717, 1.165) is 43.0 Å². The summed E-state index contributed by atoms with van der Waals surface area (Å²) in [6.07, 6.45) is -3.10. The fraction of sp³-hybridized carbons (Fsp3) is 0.500. The predicted molar refractivity (Wildman–Crippen MR) is 105 cm³/mol. The third-order valence-corrected chi connectivity index (χ3v) is 5.47. The van der Waals surface area contributed by atoms with Crippen molar-refractivity contribution in [2.24, 2.45) is 0 Å². The van der Waals surface area contributed by atoms with Crippen molar-refractivity contribution in [2.75, 3.05) is 18.0 Å². The van der Waals surface area contributed by atoms with Gasteiger partial charge in [0, 0.05) is 6.04 Å². The Hall–Kier alpha value is -1.89. The Bertz CT molecular complexity index is 831. The van der Waals surface area contributed by atoms with Crippen LogP contribution in [0.1, 0.15) is 37.8 Å². The van der Waals surface area contributed by atoms with E-state index in [0.29, 0.717) is 0 Å². The number of halogens is 4. The summed E-state index contributed by atoms with van der Waals surface area (Å²) in [6.45, 7) is 5.06. The maximum Gasteiger partial charge on any atom is 0.417 e. The number of rotatable bonds is 2. The zero-order valence-electron chi connectivity index (χ0n) is 15.3. The van der Waals surface area contributed by atoms with E-state index in [2.05, 4.69) is 5.32 Å². The van der Waals surface area contributed by atoms with E-state index in [-0.39, 0.29) is 35.2 Å². The van der Waals surface area contributed by atoms with E-state index in [1.807, 2.05) is 4.90 Å². The second-order valence-electron chi connectivity index (χ2n) is 7.17. The Morgan fingerprint density at radius 3 is 2.43 bits per heavy atom. The van der Waals surface area contributed by atoms with Crippen LogP contribution in [-0.4, -0.2) is 40.6 Å². The molecule has 0 bridgehead atoms. The van der Waals surface area contributed by atoms with Gasteiger partial charge in [0.1, 0.15) is 5.54 Å². The predicted octanol–water partition coefficient (Wildman–Crippen LogP) is 3.46. The molecule has 1 aromatic carbocycles. The Labute approximate surface area is 172 Å². The molecule has 0 radical (unpaired) electrons. The van der Waals surface area contributed by atoms with Crippen LogP contribution in [0.4, 0.5) is 18.9 Å². The fourth-order valence-electron chi connectivity index (χ4n) is 3.72. The van der Waals surface area contributed by atoms with Gasteiger partial charge in [-0.05, 0) is 70.2 Å². The van der Waals surface area contributed by atoms with Crippen LogP contribution in [0.15, 0.2) is 18.2 Å². The lowest BCUT2D eigenvalue weighted by Crippen LogP contribution is -2.53. The van der Waals surface area contributed by atoms with Crippen LogP contribution in [0.3, 0.4) is 0 Å². The van der Waals surface area contributed by atoms with Crippen LogP contribution in [0.2, 0.25) is 0 Å². The minimum Gasteiger partial charge on any atom is -0.331 e. The lowest BCUT2D eigenvalue weighted by Gasteiger charge is -2.39. The molecule has 1 N–H and O–H groups in total. The average Bonchev–Trinajstić information content (AvgIpc) is 2.79. The number of piperidine rings is 1. The molecular weight excluding hydrogens is 413 g/mol. The number of nitriles is 1. The molecule has 1 aromatic rings. The molecule has 2 fully saturated rings. The van der Waals surface area contributed by atoms with E-state index in [1.165, 1.54) is 6.07 Å². The summed E-state index contributed by atoms with van der Waals surface area (Å²) in [7, 11) is 0. The van der Waals surface area contributed by atoms with Gasteiger partial charge in [-0.1, -0.05) is 0 Å². The number of anilines is 1. The lowest BCUT2D eigenvalue weighted by molar-refractivity contribution is -0.137. The smallest absolute Gasteiger partial charge is 0.331 e. The van der Waals surface area contributed by atoms with Crippen molar-refractivity contribution >= 4 is 41.3 Å². The normalized spacial score (nSPS) is 20.1. The third-order valence-electron chi connectivity index (χ3n) is 5.09. The Morgan fingerprint density at radius 1 is 1.29 bits per heavy atom. The molecule has 152 valence electrons. The SMILES string of the molecule is CC1(C)C(=O)N(c2ccc(C#N)c(C(F)(F)F)c2)C(=S)N1C1CCNCC1.Cl. The molecule has 1 amide bonds. The molecule has 0 aromatic heterocycles. The number of alkyl halides is 3. The lowest BCUT2D eigenvalue weighted by atomic mass is 9.97. The highest BCUT2D eigenvalue weighted by atomic mass is 35.5. The van der Waals surface area contributed by atoms with Gasteiger partial charge < -0.3 is 10.2 Å². The number of nitrogens with one attached hydrogen (secondary N) is 1. The zero-order chi connectivity index (χ0) is 20.0. The van der Waals surface area contributed by atoms with E-state index >= 15 is 0 Å². The van der Waals surface area contributed by atoms with Crippen LogP contribution in [-0.2, 0) is 11.0 Å². The molecule has 2 aliphatic rings. The van der Waals surface area contributed by atoms with Crippen LogP contribution >= 0.6 is 24.6 Å².